The number of amides is 1. The Morgan fingerprint density at radius 1 is 1.18 bits per heavy atom. The van der Waals surface area contributed by atoms with Crippen LogP contribution in [0.25, 0.3) is 11.5 Å². The Kier molecular flexibility index (Phi) is 5.57. The van der Waals surface area contributed by atoms with Crippen molar-refractivity contribution >= 4 is 11.7 Å². The minimum Gasteiger partial charge on any atom is -0.368 e. The summed E-state index contributed by atoms with van der Waals surface area (Å²) in [6.45, 7) is 7.87. The molecule has 0 N–H and O–H groups in total. The molecule has 0 spiro atoms. The summed E-state index contributed by atoms with van der Waals surface area (Å²) >= 11 is 0. The number of nitrogens with zero attached hydrogens (tertiary/aromatic N) is 5. The lowest BCUT2D eigenvalue weighted by Gasteiger charge is -2.24. The molecule has 0 bridgehead atoms. The number of anilines is 1. The Balaban J connectivity index is 1.39. The third-order valence-corrected chi connectivity index (χ3v) is 5.29. The lowest BCUT2D eigenvalue weighted by Crippen LogP contribution is -2.41. The van der Waals surface area contributed by atoms with Crippen LogP contribution in [-0.2, 0) is 9.53 Å². The van der Waals surface area contributed by atoms with Crippen LogP contribution < -0.4 is 4.90 Å². The maximum atomic E-state index is 12.6. The van der Waals surface area contributed by atoms with E-state index in [1.165, 1.54) is 0 Å². The molecule has 2 saturated heterocycles. The van der Waals surface area contributed by atoms with E-state index in [-0.39, 0.29) is 17.9 Å². The Bertz CT molecular complexity index is 798. The van der Waals surface area contributed by atoms with Gasteiger partial charge in [-0.3, -0.25) is 4.79 Å². The molecule has 8 nitrogen and oxygen atoms in total. The summed E-state index contributed by atoms with van der Waals surface area (Å²) in [7, 11) is 0. The molecule has 0 aromatic carbocycles. The van der Waals surface area contributed by atoms with Gasteiger partial charge in [0.15, 0.2) is 5.82 Å². The number of hydrogen-bond acceptors (Lipinski definition) is 7. The van der Waals surface area contributed by atoms with E-state index in [0.717, 1.165) is 50.3 Å². The SMILES string of the molecule is CC(C)c1noc(-c2ccc(N3CCCN(C(=O)[C@@H]4CCCO4)CC3)nc2)n1. The second-order valence-electron chi connectivity index (χ2n) is 7.69. The van der Waals surface area contributed by atoms with E-state index in [4.69, 9.17) is 9.26 Å². The number of carbonyl (C=O) groups excluding carboxylic acids is 1. The number of pyridine rings is 1. The van der Waals surface area contributed by atoms with E-state index in [1.807, 2.05) is 30.9 Å². The summed E-state index contributed by atoms with van der Waals surface area (Å²) in [5.74, 6) is 2.45. The molecular weight excluding hydrogens is 358 g/mol. The van der Waals surface area contributed by atoms with Crippen molar-refractivity contribution in [3.8, 4) is 11.5 Å². The van der Waals surface area contributed by atoms with Gasteiger partial charge in [0.1, 0.15) is 11.9 Å². The third-order valence-electron chi connectivity index (χ3n) is 5.29. The summed E-state index contributed by atoms with van der Waals surface area (Å²) in [5.41, 5.74) is 0.813. The third kappa shape index (κ3) is 4.01. The maximum absolute atomic E-state index is 12.6. The van der Waals surface area contributed by atoms with Crippen LogP contribution in [-0.4, -0.2) is 64.8 Å². The Labute approximate surface area is 164 Å². The zero-order chi connectivity index (χ0) is 19.5. The molecule has 28 heavy (non-hydrogen) atoms. The van der Waals surface area contributed by atoms with Gasteiger partial charge in [-0.25, -0.2) is 4.98 Å². The van der Waals surface area contributed by atoms with Crippen molar-refractivity contribution < 1.29 is 14.1 Å². The number of hydrogen-bond donors (Lipinski definition) is 0. The summed E-state index contributed by atoms with van der Waals surface area (Å²) in [5, 5.41) is 4.00. The average Bonchev–Trinajstić information content (AvgIpc) is 3.36. The highest BCUT2D eigenvalue weighted by molar-refractivity contribution is 5.81. The van der Waals surface area contributed by atoms with Crippen molar-refractivity contribution in [2.24, 2.45) is 0 Å². The van der Waals surface area contributed by atoms with Gasteiger partial charge in [0.25, 0.3) is 11.8 Å². The lowest BCUT2D eigenvalue weighted by atomic mass is 10.2. The van der Waals surface area contributed by atoms with Crippen molar-refractivity contribution in [2.45, 2.75) is 45.1 Å². The second kappa shape index (κ2) is 8.26. The Morgan fingerprint density at radius 2 is 2.07 bits per heavy atom. The largest absolute Gasteiger partial charge is 0.368 e. The first-order valence-electron chi connectivity index (χ1n) is 10.1. The van der Waals surface area contributed by atoms with Crippen molar-refractivity contribution in [1.29, 1.82) is 0 Å². The van der Waals surface area contributed by atoms with Gasteiger partial charge < -0.3 is 19.1 Å². The zero-order valence-corrected chi connectivity index (χ0v) is 16.5. The van der Waals surface area contributed by atoms with Crippen LogP contribution in [0.2, 0.25) is 0 Å². The Hall–Kier alpha value is -2.48. The molecule has 4 rings (SSSR count). The standard InChI is InChI=1S/C20H27N5O3/c1-14(2)18-22-19(28-23-18)15-6-7-17(21-13-15)24-8-4-9-25(11-10-24)20(26)16-5-3-12-27-16/h6-7,13-14,16H,3-5,8-12H2,1-2H3/t16-/m0/s1. The number of aromatic nitrogens is 3. The summed E-state index contributed by atoms with van der Waals surface area (Å²) < 4.78 is 10.9. The molecule has 2 aromatic heterocycles. The molecule has 0 saturated carbocycles. The molecule has 2 aliphatic rings. The number of ether oxygens (including phenoxy) is 1. The summed E-state index contributed by atoms with van der Waals surface area (Å²) in [4.78, 5) is 25.8. The summed E-state index contributed by atoms with van der Waals surface area (Å²) in [6.07, 6.45) is 4.27. The quantitative estimate of drug-likeness (QED) is 0.799. The van der Waals surface area contributed by atoms with E-state index in [1.54, 1.807) is 6.20 Å². The number of rotatable bonds is 4. The highest BCUT2D eigenvalue weighted by Crippen LogP contribution is 2.22. The molecule has 0 unspecified atom stereocenters. The molecule has 2 fully saturated rings. The van der Waals surface area contributed by atoms with Crippen molar-refractivity contribution in [3.05, 3.63) is 24.2 Å². The minimum absolute atomic E-state index is 0.139. The van der Waals surface area contributed by atoms with Crippen LogP contribution in [0.15, 0.2) is 22.9 Å². The summed E-state index contributed by atoms with van der Waals surface area (Å²) in [6, 6.07) is 3.94. The molecular formula is C20H27N5O3. The average molecular weight is 385 g/mol. The predicted molar refractivity (Wildman–Crippen MR) is 104 cm³/mol. The molecule has 8 heteroatoms. The maximum Gasteiger partial charge on any atom is 0.259 e. The fourth-order valence-corrected chi connectivity index (χ4v) is 3.63. The smallest absolute Gasteiger partial charge is 0.259 e. The first kappa shape index (κ1) is 18.9. The molecule has 0 aliphatic carbocycles. The van der Waals surface area contributed by atoms with Crippen molar-refractivity contribution in [1.82, 2.24) is 20.0 Å². The van der Waals surface area contributed by atoms with Crippen LogP contribution in [0.3, 0.4) is 0 Å². The van der Waals surface area contributed by atoms with Crippen LogP contribution in [0.4, 0.5) is 5.82 Å². The van der Waals surface area contributed by atoms with Gasteiger partial charge >= 0.3 is 0 Å². The minimum atomic E-state index is -0.242. The molecule has 4 heterocycles. The van der Waals surface area contributed by atoms with Gasteiger partial charge in [0.2, 0.25) is 0 Å². The van der Waals surface area contributed by atoms with Crippen LogP contribution in [0, 0.1) is 0 Å². The van der Waals surface area contributed by atoms with E-state index in [0.29, 0.717) is 24.9 Å². The highest BCUT2D eigenvalue weighted by atomic mass is 16.5. The second-order valence-corrected chi connectivity index (χ2v) is 7.69. The zero-order valence-electron chi connectivity index (χ0n) is 16.5. The molecule has 2 aromatic rings. The fourth-order valence-electron chi connectivity index (χ4n) is 3.63. The molecule has 1 amide bonds. The molecule has 0 radical (unpaired) electrons. The highest BCUT2D eigenvalue weighted by Gasteiger charge is 2.29. The van der Waals surface area contributed by atoms with Crippen molar-refractivity contribution in [3.63, 3.8) is 0 Å². The van der Waals surface area contributed by atoms with E-state index >= 15 is 0 Å². The molecule has 150 valence electrons. The topological polar surface area (TPSA) is 84.6 Å². The van der Waals surface area contributed by atoms with Gasteiger partial charge in [0, 0.05) is 44.9 Å². The van der Waals surface area contributed by atoms with Gasteiger partial charge in [-0.05, 0) is 31.4 Å². The fraction of sp³-hybridized carbons (Fsp3) is 0.600. The molecule has 1 atom stereocenters. The van der Waals surface area contributed by atoms with Crippen molar-refractivity contribution in [2.75, 3.05) is 37.7 Å². The van der Waals surface area contributed by atoms with Gasteiger partial charge in [-0.1, -0.05) is 19.0 Å². The Morgan fingerprint density at radius 3 is 2.75 bits per heavy atom. The van der Waals surface area contributed by atoms with E-state index in [9.17, 15) is 4.79 Å². The van der Waals surface area contributed by atoms with Crippen LogP contribution >= 0.6 is 0 Å². The van der Waals surface area contributed by atoms with E-state index < -0.39 is 0 Å². The lowest BCUT2D eigenvalue weighted by molar-refractivity contribution is -0.140. The van der Waals surface area contributed by atoms with Gasteiger partial charge in [0.05, 0.1) is 5.56 Å². The predicted octanol–water partition coefficient (Wildman–Crippen LogP) is 2.47. The van der Waals surface area contributed by atoms with E-state index in [2.05, 4.69) is 20.0 Å². The molecule has 2 aliphatic heterocycles. The first-order valence-corrected chi connectivity index (χ1v) is 10.1. The first-order chi connectivity index (χ1) is 13.6. The van der Waals surface area contributed by atoms with Gasteiger partial charge in [-0.15, -0.1) is 0 Å². The van der Waals surface area contributed by atoms with Crippen LogP contribution in [0.5, 0.6) is 0 Å². The van der Waals surface area contributed by atoms with Crippen LogP contribution in [0.1, 0.15) is 44.9 Å². The van der Waals surface area contributed by atoms with Gasteiger partial charge in [-0.2, -0.15) is 4.98 Å². The normalized spacial score (nSPS) is 20.6. The monoisotopic (exact) mass is 385 g/mol. The number of carbonyl (C=O) groups is 1.